The zero-order chi connectivity index (χ0) is 15.3. The maximum absolute atomic E-state index is 11.8. The number of carbonyl (C=O) groups is 2. The van der Waals surface area contributed by atoms with Gasteiger partial charge in [0.05, 0.1) is 12.1 Å². The van der Waals surface area contributed by atoms with E-state index >= 15 is 0 Å². The summed E-state index contributed by atoms with van der Waals surface area (Å²) in [6.45, 7) is 7.98. The van der Waals surface area contributed by atoms with Crippen molar-refractivity contribution in [1.82, 2.24) is 15.3 Å². The molecule has 7 heteroatoms. The van der Waals surface area contributed by atoms with Crippen LogP contribution in [0.1, 0.15) is 37.0 Å². The van der Waals surface area contributed by atoms with Crippen LogP contribution in [0.25, 0.3) is 0 Å². The van der Waals surface area contributed by atoms with Crippen LogP contribution >= 0.6 is 11.6 Å². The number of aldehydes is 1. The Bertz CT molecular complexity index is 505. The molecule has 1 heterocycles. The first-order valence-corrected chi connectivity index (χ1v) is 6.80. The van der Waals surface area contributed by atoms with Gasteiger partial charge in [0.25, 0.3) is 0 Å². The lowest BCUT2D eigenvalue weighted by molar-refractivity contribution is -0.120. The molecule has 0 aromatic carbocycles. The molecule has 6 nitrogen and oxygen atoms in total. The van der Waals surface area contributed by atoms with E-state index in [-0.39, 0.29) is 29.2 Å². The number of nitrogens with one attached hydrogen (secondary N) is 1. The number of amides is 1. The average molecular weight is 299 g/mol. The Morgan fingerprint density at radius 1 is 1.45 bits per heavy atom. The van der Waals surface area contributed by atoms with E-state index in [4.69, 9.17) is 11.6 Å². The van der Waals surface area contributed by atoms with Gasteiger partial charge in [-0.05, 0) is 27.7 Å². The van der Waals surface area contributed by atoms with Gasteiger partial charge in [-0.3, -0.25) is 9.59 Å². The maximum atomic E-state index is 11.8. The Kier molecular flexibility index (Phi) is 5.88. The van der Waals surface area contributed by atoms with Crippen LogP contribution in [0.4, 0.5) is 5.82 Å². The van der Waals surface area contributed by atoms with Gasteiger partial charge in [0.15, 0.2) is 6.29 Å². The number of hydrogen-bond donors (Lipinski definition) is 1. The zero-order valence-electron chi connectivity index (χ0n) is 12.1. The maximum Gasteiger partial charge on any atom is 0.239 e. The Hall–Kier alpha value is -1.69. The van der Waals surface area contributed by atoms with Crippen LogP contribution < -0.4 is 10.2 Å². The molecule has 1 aromatic rings. The van der Waals surface area contributed by atoms with Crippen molar-refractivity contribution in [3.63, 3.8) is 0 Å². The third-order valence-electron chi connectivity index (χ3n) is 2.57. The molecule has 1 rings (SSSR count). The molecule has 110 valence electrons. The van der Waals surface area contributed by atoms with Crippen LogP contribution in [0.15, 0.2) is 0 Å². The molecule has 1 N–H and O–H groups in total. The van der Waals surface area contributed by atoms with Gasteiger partial charge in [-0.15, -0.1) is 0 Å². The van der Waals surface area contributed by atoms with Gasteiger partial charge in [-0.2, -0.15) is 0 Å². The highest BCUT2D eigenvalue weighted by molar-refractivity contribution is 6.32. The van der Waals surface area contributed by atoms with Crippen molar-refractivity contribution in [2.45, 2.75) is 33.7 Å². The molecule has 0 bridgehead atoms. The molecule has 0 aliphatic rings. The smallest absolute Gasteiger partial charge is 0.239 e. The van der Waals surface area contributed by atoms with Crippen LogP contribution in [-0.2, 0) is 4.79 Å². The first-order chi connectivity index (χ1) is 9.38. The minimum Gasteiger partial charge on any atom is -0.352 e. The van der Waals surface area contributed by atoms with Crippen molar-refractivity contribution in [2.24, 2.45) is 0 Å². The normalized spacial score (nSPS) is 10.5. The van der Waals surface area contributed by atoms with Crippen LogP contribution in [0.5, 0.6) is 0 Å². The number of likely N-dealkylation sites (N-methyl/N-ethyl adjacent to an activating group) is 1. The van der Waals surface area contributed by atoms with E-state index in [1.807, 2.05) is 20.8 Å². The Balaban J connectivity index is 3.06. The minimum atomic E-state index is -0.133. The van der Waals surface area contributed by atoms with Gasteiger partial charge in [0, 0.05) is 12.6 Å². The molecule has 20 heavy (non-hydrogen) atoms. The molecule has 0 fully saturated rings. The second-order valence-electron chi connectivity index (χ2n) is 4.65. The number of nitrogens with zero attached hydrogens (tertiary/aromatic N) is 3. The minimum absolute atomic E-state index is 0.0578. The predicted octanol–water partition coefficient (Wildman–Crippen LogP) is 1.60. The number of carbonyl (C=O) groups excluding carboxylic acids is 2. The quantitative estimate of drug-likeness (QED) is 0.638. The van der Waals surface area contributed by atoms with Gasteiger partial charge in [-0.25, -0.2) is 9.97 Å². The average Bonchev–Trinajstić information content (AvgIpc) is 2.34. The van der Waals surface area contributed by atoms with E-state index in [9.17, 15) is 9.59 Å². The summed E-state index contributed by atoms with van der Waals surface area (Å²) in [5.41, 5.74) is 0.205. The fourth-order valence-electron chi connectivity index (χ4n) is 1.75. The zero-order valence-corrected chi connectivity index (χ0v) is 12.9. The number of rotatable bonds is 6. The van der Waals surface area contributed by atoms with Crippen molar-refractivity contribution < 1.29 is 9.59 Å². The number of hydrogen-bond acceptors (Lipinski definition) is 5. The van der Waals surface area contributed by atoms with E-state index in [2.05, 4.69) is 15.3 Å². The summed E-state index contributed by atoms with van der Waals surface area (Å²) < 4.78 is 0. The van der Waals surface area contributed by atoms with Gasteiger partial charge < -0.3 is 10.2 Å². The molecule has 0 saturated heterocycles. The van der Waals surface area contributed by atoms with E-state index in [1.54, 1.807) is 11.8 Å². The Morgan fingerprint density at radius 3 is 2.60 bits per heavy atom. The Labute approximate surface area is 123 Å². The summed E-state index contributed by atoms with van der Waals surface area (Å²) in [5, 5.41) is 2.90. The molecular formula is C13H19ClN4O2. The van der Waals surface area contributed by atoms with Gasteiger partial charge in [0.2, 0.25) is 5.91 Å². The fraction of sp³-hybridized carbons (Fsp3) is 0.538. The molecule has 1 aromatic heterocycles. The monoisotopic (exact) mass is 298 g/mol. The van der Waals surface area contributed by atoms with E-state index in [0.717, 1.165) is 0 Å². The lowest BCUT2D eigenvalue weighted by Crippen LogP contribution is -2.40. The van der Waals surface area contributed by atoms with E-state index < -0.39 is 0 Å². The number of aryl methyl sites for hydroxylation is 1. The third-order valence-corrected chi connectivity index (χ3v) is 2.86. The molecule has 0 atom stereocenters. The van der Waals surface area contributed by atoms with Crippen molar-refractivity contribution in [3.8, 4) is 0 Å². The molecule has 0 aliphatic heterocycles. The second kappa shape index (κ2) is 7.19. The van der Waals surface area contributed by atoms with Crippen LogP contribution in [0.2, 0.25) is 5.15 Å². The van der Waals surface area contributed by atoms with E-state index in [1.165, 1.54) is 0 Å². The highest BCUT2D eigenvalue weighted by atomic mass is 35.5. The molecular weight excluding hydrogens is 280 g/mol. The molecule has 1 amide bonds. The summed E-state index contributed by atoms with van der Waals surface area (Å²) in [6, 6.07) is 0.0578. The summed E-state index contributed by atoms with van der Waals surface area (Å²) in [6.07, 6.45) is 0.611. The third kappa shape index (κ3) is 4.16. The van der Waals surface area contributed by atoms with Crippen molar-refractivity contribution in [2.75, 3.05) is 18.0 Å². The van der Waals surface area contributed by atoms with Crippen molar-refractivity contribution >= 4 is 29.6 Å². The van der Waals surface area contributed by atoms with Crippen LogP contribution in [-0.4, -0.2) is 41.3 Å². The first-order valence-electron chi connectivity index (χ1n) is 6.42. The van der Waals surface area contributed by atoms with Crippen molar-refractivity contribution in [1.29, 1.82) is 0 Å². The van der Waals surface area contributed by atoms with Crippen molar-refractivity contribution in [3.05, 3.63) is 16.5 Å². The second-order valence-corrected chi connectivity index (χ2v) is 5.01. The number of aromatic nitrogens is 2. The number of anilines is 1. The summed E-state index contributed by atoms with van der Waals surface area (Å²) >= 11 is 5.95. The van der Waals surface area contributed by atoms with Crippen LogP contribution in [0.3, 0.4) is 0 Å². The summed E-state index contributed by atoms with van der Waals surface area (Å²) in [5.74, 6) is 0.711. The number of halogens is 1. The highest BCUT2D eigenvalue weighted by Gasteiger charge is 2.18. The van der Waals surface area contributed by atoms with Crippen LogP contribution in [0, 0.1) is 6.92 Å². The fourth-order valence-corrected chi connectivity index (χ4v) is 2.00. The molecule has 0 saturated carbocycles. The predicted molar refractivity (Wildman–Crippen MR) is 78.3 cm³/mol. The first kappa shape index (κ1) is 16.4. The summed E-state index contributed by atoms with van der Waals surface area (Å²) in [4.78, 5) is 32.9. The molecule has 0 unspecified atom stereocenters. The highest BCUT2D eigenvalue weighted by Crippen LogP contribution is 2.22. The van der Waals surface area contributed by atoms with Gasteiger partial charge >= 0.3 is 0 Å². The lowest BCUT2D eigenvalue weighted by atomic mass is 10.3. The topological polar surface area (TPSA) is 75.2 Å². The SMILES string of the molecule is CCN(CC(=O)NC(C)C)c1nc(C)nc(Cl)c1C=O. The Morgan fingerprint density at radius 2 is 2.10 bits per heavy atom. The standard InChI is InChI=1S/C13H19ClN4O2/c1-5-18(6-11(20)15-8(2)3)13-10(7-19)12(14)16-9(4)17-13/h7-8H,5-6H2,1-4H3,(H,15,20). The molecule has 0 aliphatic carbocycles. The largest absolute Gasteiger partial charge is 0.352 e. The van der Waals surface area contributed by atoms with Gasteiger partial charge in [0.1, 0.15) is 16.8 Å². The molecule has 0 spiro atoms. The van der Waals surface area contributed by atoms with Gasteiger partial charge in [-0.1, -0.05) is 11.6 Å². The lowest BCUT2D eigenvalue weighted by Gasteiger charge is -2.23. The van der Waals surface area contributed by atoms with E-state index in [0.29, 0.717) is 24.5 Å². The molecule has 0 radical (unpaired) electrons. The summed E-state index contributed by atoms with van der Waals surface area (Å²) in [7, 11) is 0.